The summed E-state index contributed by atoms with van der Waals surface area (Å²) in [6.45, 7) is 0. The van der Waals surface area contributed by atoms with Crippen LogP contribution in [0.2, 0.25) is 0 Å². The SMILES string of the molecule is c1ccc(-c2cc(-c3ccccc3)cc(N(c3ccc(-c4cccc(N5c6ccccc6Sc6ccccc65)c4)cc3)c3cc(-c4ccccc4)cc(-c4ccccc4)c3)c2)cc1. The third kappa shape index (κ3) is 7.72. The van der Waals surface area contributed by atoms with Gasteiger partial charge in [-0.2, -0.15) is 0 Å². The average molecular weight is 823 g/mol. The van der Waals surface area contributed by atoms with E-state index in [4.69, 9.17) is 0 Å². The Labute approximate surface area is 374 Å². The maximum atomic E-state index is 2.43. The van der Waals surface area contributed by atoms with E-state index in [1.807, 2.05) is 11.8 Å². The predicted molar refractivity (Wildman–Crippen MR) is 267 cm³/mol. The Hall–Kier alpha value is -7.85. The second kappa shape index (κ2) is 16.9. The highest BCUT2D eigenvalue weighted by molar-refractivity contribution is 7.99. The largest absolute Gasteiger partial charge is 0.310 e. The van der Waals surface area contributed by atoms with E-state index in [0.717, 1.165) is 56.1 Å². The molecule has 11 rings (SSSR count). The summed E-state index contributed by atoms with van der Waals surface area (Å²) in [7, 11) is 0. The fourth-order valence-electron chi connectivity index (χ4n) is 8.73. The first-order chi connectivity index (χ1) is 31.2. The Kier molecular flexibility index (Phi) is 10.2. The lowest BCUT2D eigenvalue weighted by Crippen LogP contribution is -2.14. The van der Waals surface area contributed by atoms with E-state index in [0.29, 0.717) is 0 Å². The molecular formula is C60H42N2S. The highest BCUT2D eigenvalue weighted by atomic mass is 32.2. The van der Waals surface area contributed by atoms with E-state index in [2.05, 4.69) is 265 Å². The standard InChI is InChI=1S/C60H42N2S/c1-5-18-43(19-6-1)49-36-50(44-20-7-2-8-21-44)40-55(39-49)61(56-41-51(45-22-9-3-10-23-45)37-52(42-56)46-24-11-4-12-25-46)53-34-32-47(33-35-53)48-26-17-27-54(38-48)62-57-28-13-15-30-59(57)63-60-31-16-14-29-58(60)62/h1-42H. The highest BCUT2D eigenvalue weighted by Gasteiger charge is 2.25. The van der Waals surface area contributed by atoms with Crippen LogP contribution in [0.1, 0.15) is 0 Å². The van der Waals surface area contributed by atoms with Gasteiger partial charge in [0.25, 0.3) is 0 Å². The predicted octanol–water partition coefficient (Wildman–Crippen LogP) is 17.4. The van der Waals surface area contributed by atoms with Crippen molar-refractivity contribution in [1.82, 2.24) is 0 Å². The average Bonchev–Trinajstić information content (AvgIpc) is 3.37. The van der Waals surface area contributed by atoms with Crippen molar-refractivity contribution in [2.24, 2.45) is 0 Å². The monoisotopic (exact) mass is 822 g/mol. The molecule has 0 saturated heterocycles. The number of rotatable bonds is 9. The molecule has 0 spiro atoms. The van der Waals surface area contributed by atoms with Gasteiger partial charge in [0, 0.05) is 32.5 Å². The molecule has 10 aromatic carbocycles. The topological polar surface area (TPSA) is 6.48 Å². The molecule has 0 N–H and O–H groups in total. The minimum absolute atomic E-state index is 1.07. The minimum atomic E-state index is 1.07. The Balaban J connectivity index is 1.07. The lowest BCUT2D eigenvalue weighted by molar-refractivity contribution is 1.17. The molecule has 1 aliphatic rings. The Morgan fingerprint density at radius 3 is 1.05 bits per heavy atom. The second-order valence-electron chi connectivity index (χ2n) is 15.8. The number of hydrogen-bond donors (Lipinski definition) is 0. The Morgan fingerprint density at radius 1 is 0.254 bits per heavy atom. The van der Waals surface area contributed by atoms with Gasteiger partial charge in [0.15, 0.2) is 0 Å². The number of nitrogens with zero attached hydrogens (tertiary/aromatic N) is 2. The molecule has 0 saturated carbocycles. The number of benzene rings is 10. The molecule has 0 unspecified atom stereocenters. The fraction of sp³-hybridized carbons (Fsp3) is 0. The molecule has 0 amide bonds. The van der Waals surface area contributed by atoms with E-state index < -0.39 is 0 Å². The van der Waals surface area contributed by atoms with Crippen LogP contribution >= 0.6 is 11.8 Å². The minimum Gasteiger partial charge on any atom is -0.310 e. The van der Waals surface area contributed by atoms with E-state index in [9.17, 15) is 0 Å². The number of para-hydroxylation sites is 2. The van der Waals surface area contributed by atoms with Crippen molar-refractivity contribution < 1.29 is 0 Å². The molecule has 2 nitrogen and oxygen atoms in total. The summed E-state index contributed by atoms with van der Waals surface area (Å²) in [5, 5.41) is 0. The highest BCUT2D eigenvalue weighted by Crippen LogP contribution is 2.51. The molecule has 0 atom stereocenters. The van der Waals surface area contributed by atoms with Gasteiger partial charge in [0.05, 0.1) is 11.4 Å². The molecule has 0 radical (unpaired) electrons. The van der Waals surface area contributed by atoms with Gasteiger partial charge in [0.1, 0.15) is 0 Å². The van der Waals surface area contributed by atoms with E-state index in [-0.39, 0.29) is 0 Å². The number of anilines is 6. The first-order valence-corrected chi connectivity index (χ1v) is 22.2. The van der Waals surface area contributed by atoms with Crippen LogP contribution in [0.25, 0.3) is 55.6 Å². The lowest BCUT2D eigenvalue weighted by atomic mass is 9.95. The van der Waals surface area contributed by atoms with Crippen LogP contribution < -0.4 is 9.80 Å². The van der Waals surface area contributed by atoms with Crippen LogP contribution in [0.15, 0.2) is 265 Å². The van der Waals surface area contributed by atoms with Crippen molar-refractivity contribution in [3.8, 4) is 55.6 Å². The molecule has 298 valence electrons. The van der Waals surface area contributed by atoms with Gasteiger partial charge in [-0.15, -0.1) is 0 Å². The summed E-state index contributed by atoms with van der Waals surface area (Å²) in [6.07, 6.45) is 0. The van der Waals surface area contributed by atoms with Crippen molar-refractivity contribution >= 4 is 45.9 Å². The van der Waals surface area contributed by atoms with Crippen molar-refractivity contribution in [2.45, 2.75) is 9.79 Å². The Bertz CT molecular complexity index is 2900. The fourth-order valence-corrected chi connectivity index (χ4v) is 9.79. The summed E-state index contributed by atoms with van der Waals surface area (Å²) in [5.41, 5.74) is 18.4. The van der Waals surface area contributed by atoms with Crippen molar-refractivity contribution in [3.63, 3.8) is 0 Å². The molecule has 63 heavy (non-hydrogen) atoms. The molecular weight excluding hydrogens is 781 g/mol. The van der Waals surface area contributed by atoms with E-state index >= 15 is 0 Å². The first kappa shape index (κ1) is 38.1. The zero-order chi connectivity index (χ0) is 42.0. The molecule has 0 aliphatic carbocycles. The van der Waals surface area contributed by atoms with E-state index in [1.165, 1.54) is 43.4 Å². The Morgan fingerprint density at radius 2 is 0.619 bits per heavy atom. The van der Waals surface area contributed by atoms with Gasteiger partial charge in [-0.05, 0) is 141 Å². The second-order valence-corrected chi connectivity index (χ2v) is 16.9. The van der Waals surface area contributed by atoms with Crippen molar-refractivity contribution in [2.75, 3.05) is 9.80 Å². The normalized spacial score (nSPS) is 11.7. The van der Waals surface area contributed by atoms with Gasteiger partial charge in [-0.25, -0.2) is 0 Å². The third-order valence-corrected chi connectivity index (χ3v) is 12.9. The molecule has 10 aromatic rings. The molecule has 0 fully saturated rings. The van der Waals surface area contributed by atoms with Crippen molar-refractivity contribution in [1.29, 1.82) is 0 Å². The van der Waals surface area contributed by atoms with Crippen LogP contribution in [-0.2, 0) is 0 Å². The van der Waals surface area contributed by atoms with Gasteiger partial charge in [0.2, 0.25) is 0 Å². The third-order valence-electron chi connectivity index (χ3n) is 11.8. The summed E-state index contributed by atoms with van der Waals surface area (Å²) >= 11 is 1.83. The van der Waals surface area contributed by atoms with Crippen LogP contribution in [0, 0.1) is 0 Å². The van der Waals surface area contributed by atoms with Crippen LogP contribution in [-0.4, -0.2) is 0 Å². The molecule has 1 heterocycles. The van der Waals surface area contributed by atoms with Crippen molar-refractivity contribution in [3.05, 3.63) is 255 Å². The van der Waals surface area contributed by atoms with Gasteiger partial charge in [-0.1, -0.05) is 182 Å². The first-order valence-electron chi connectivity index (χ1n) is 21.4. The summed E-state index contributed by atoms with van der Waals surface area (Å²) < 4.78 is 0. The van der Waals surface area contributed by atoms with Crippen LogP contribution in [0.5, 0.6) is 0 Å². The lowest BCUT2D eigenvalue weighted by Gasteiger charge is -2.33. The van der Waals surface area contributed by atoms with Gasteiger partial charge < -0.3 is 9.80 Å². The molecule has 0 bridgehead atoms. The maximum absolute atomic E-state index is 2.43. The van der Waals surface area contributed by atoms with Crippen LogP contribution in [0.4, 0.5) is 34.1 Å². The maximum Gasteiger partial charge on any atom is 0.0601 e. The zero-order valence-electron chi connectivity index (χ0n) is 34.6. The van der Waals surface area contributed by atoms with E-state index in [1.54, 1.807) is 0 Å². The van der Waals surface area contributed by atoms with Gasteiger partial charge >= 0.3 is 0 Å². The zero-order valence-corrected chi connectivity index (χ0v) is 35.4. The summed E-state index contributed by atoms with van der Waals surface area (Å²) in [6, 6.07) is 92.3. The summed E-state index contributed by atoms with van der Waals surface area (Å²) in [5.74, 6) is 0. The quantitative estimate of drug-likeness (QED) is 0.143. The number of fused-ring (bicyclic) bond motifs is 2. The smallest absolute Gasteiger partial charge is 0.0601 e. The molecule has 3 heteroatoms. The molecule has 1 aliphatic heterocycles. The van der Waals surface area contributed by atoms with Crippen LogP contribution in [0.3, 0.4) is 0 Å². The van der Waals surface area contributed by atoms with Gasteiger partial charge in [-0.3, -0.25) is 0 Å². The number of hydrogen-bond acceptors (Lipinski definition) is 3. The molecule has 0 aromatic heterocycles. The summed E-state index contributed by atoms with van der Waals surface area (Å²) in [4.78, 5) is 7.33.